The van der Waals surface area contributed by atoms with E-state index in [1.807, 2.05) is 0 Å². The summed E-state index contributed by atoms with van der Waals surface area (Å²) < 4.78 is 0.734. The van der Waals surface area contributed by atoms with Gasteiger partial charge in [0.2, 0.25) is 0 Å². The van der Waals surface area contributed by atoms with Gasteiger partial charge in [0.25, 0.3) is 0 Å². The van der Waals surface area contributed by atoms with Crippen LogP contribution in [0.2, 0.25) is 3.43 Å². The average Bonchev–Trinajstić information content (AvgIpc) is 2.00. The third-order valence-corrected chi connectivity index (χ3v) is 11.7. The number of halogens is 1. The van der Waals surface area contributed by atoms with Gasteiger partial charge >= 0.3 is 87.9 Å². The van der Waals surface area contributed by atoms with Crippen LogP contribution in [0.25, 0.3) is 0 Å². The van der Waals surface area contributed by atoms with Crippen molar-refractivity contribution in [1.82, 2.24) is 0 Å². The van der Waals surface area contributed by atoms with Gasteiger partial charge in [-0.05, 0) is 0 Å². The van der Waals surface area contributed by atoms with E-state index in [9.17, 15) is 0 Å². The van der Waals surface area contributed by atoms with Crippen LogP contribution in [0.1, 0.15) is 47.0 Å². The fourth-order valence-corrected chi connectivity index (χ4v) is 8.49. The molecule has 2 radical (unpaired) electrons. The first-order valence-corrected chi connectivity index (χ1v) is 12.3. The summed E-state index contributed by atoms with van der Waals surface area (Å²) in [5, 5.41) is 0. The summed E-state index contributed by atoms with van der Waals surface area (Å²) in [5.74, 6) is 0.869. The van der Waals surface area contributed by atoms with Gasteiger partial charge in [0, 0.05) is 0 Å². The molecule has 0 aliphatic heterocycles. The second-order valence-electron chi connectivity index (χ2n) is 3.68. The van der Waals surface area contributed by atoms with E-state index in [2.05, 4.69) is 40.4 Å². The molecule has 66 valence electrons. The van der Waals surface area contributed by atoms with E-state index in [4.69, 9.17) is 0 Å². The van der Waals surface area contributed by atoms with Crippen LogP contribution >= 0.6 is 12.7 Å². The molecular formula is C9H19BrSn. The van der Waals surface area contributed by atoms with Gasteiger partial charge in [-0.1, -0.05) is 0 Å². The first kappa shape index (κ1) is 12.3. The maximum atomic E-state index is 3.79. The molecule has 0 nitrogen and oxygen atoms in total. The second-order valence-corrected chi connectivity index (χ2v) is 9.91. The standard InChI is InChI=1S/C9H19.BrH.Sn/c1-5-9(6-2)7-8(3)4;;/h8H,5-7H2,1-4H3;1H;/q;;+1/p-1. The van der Waals surface area contributed by atoms with E-state index in [1.165, 1.54) is 19.3 Å². The summed E-state index contributed by atoms with van der Waals surface area (Å²) >= 11 is 3.52. The van der Waals surface area contributed by atoms with Gasteiger partial charge in [-0.15, -0.1) is 0 Å². The Hall–Kier alpha value is 1.28. The van der Waals surface area contributed by atoms with E-state index >= 15 is 0 Å². The van der Waals surface area contributed by atoms with Crippen molar-refractivity contribution in [2.24, 2.45) is 5.92 Å². The summed E-state index contributed by atoms with van der Waals surface area (Å²) in [4.78, 5) is 0. The van der Waals surface area contributed by atoms with Crippen LogP contribution in [0.15, 0.2) is 0 Å². The molecule has 0 saturated carbocycles. The molecule has 0 rings (SSSR count). The van der Waals surface area contributed by atoms with Crippen LogP contribution in [-0.2, 0) is 0 Å². The molecule has 0 bridgehead atoms. The Balaban J connectivity index is 4.05. The first-order chi connectivity index (χ1) is 5.10. The van der Waals surface area contributed by atoms with Gasteiger partial charge in [0.05, 0.1) is 0 Å². The third kappa shape index (κ3) is 4.16. The van der Waals surface area contributed by atoms with Gasteiger partial charge in [0.1, 0.15) is 0 Å². The normalized spacial score (nSPS) is 12.5. The van der Waals surface area contributed by atoms with E-state index < -0.39 is 0 Å². The molecule has 0 aliphatic rings. The van der Waals surface area contributed by atoms with E-state index in [-0.39, 0.29) is 18.9 Å². The summed E-state index contributed by atoms with van der Waals surface area (Å²) in [5.41, 5.74) is 0. The summed E-state index contributed by atoms with van der Waals surface area (Å²) in [6.07, 6.45) is 4.18. The molecule has 11 heavy (non-hydrogen) atoms. The Morgan fingerprint density at radius 1 is 1.27 bits per heavy atom. The first-order valence-electron chi connectivity index (χ1n) is 4.48. The average molecular weight is 326 g/mol. The van der Waals surface area contributed by atoms with Crippen molar-refractivity contribution in [3.8, 4) is 0 Å². The second kappa shape index (κ2) is 5.84. The van der Waals surface area contributed by atoms with Crippen LogP contribution < -0.4 is 0 Å². The van der Waals surface area contributed by atoms with Gasteiger partial charge in [-0.3, -0.25) is 0 Å². The SMILES string of the molecule is CC[C](CC)(CC(C)C)[Sn][Br]. The molecule has 0 saturated heterocycles. The van der Waals surface area contributed by atoms with Crippen molar-refractivity contribution in [3.05, 3.63) is 0 Å². The van der Waals surface area contributed by atoms with Crippen LogP contribution in [0.4, 0.5) is 0 Å². The van der Waals surface area contributed by atoms with Crippen LogP contribution in [0.5, 0.6) is 0 Å². The van der Waals surface area contributed by atoms with Crippen molar-refractivity contribution in [2.45, 2.75) is 50.4 Å². The summed E-state index contributed by atoms with van der Waals surface area (Å²) in [7, 11) is 0. The van der Waals surface area contributed by atoms with Crippen molar-refractivity contribution in [2.75, 3.05) is 0 Å². The molecule has 0 unspecified atom stereocenters. The quantitative estimate of drug-likeness (QED) is 0.670. The molecule has 0 spiro atoms. The molecule has 2 heteroatoms. The predicted octanol–water partition coefficient (Wildman–Crippen LogP) is 4.03. The summed E-state index contributed by atoms with van der Waals surface area (Å²) in [6.45, 7) is 9.35. The van der Waals surface area contributed by atoms with E-state index in [1.54, 1.807) is 0 Å². The zero-order valence-corrected chi connectivity index (χ0v) is 12.5. The van der Waals surface area contributed by atoms with Crippen LogP contribution in [-0.4, -0.2) is 18.9 Å². The number of rotatable bonds is 5. The van der Waals surface area contributed by atoms with Gasteiger partial charge < -0.3 is 0 Å². The molecular weight excluding hydrogens is 307 g/mol. The van der Waals surface area contributed by atoms with Gasteiger partial charge in [-0.25, -0.2) is 0 Å². The summed E-state index contributed by atoms with van der Waals surface area (Å²) in [6, 6.07) is 0. The fraction of sp³-hybridized carbons (Fsp3) is 1.00. The minimum absolute atomic E-state index is 0.271. The monoisotopic (exact) mass is 326 g/mol. The molecule has 0 fully saturated rings. The van der Waals surface area contributed by atoms with E-state index in [0.29, 0.717) is 0 Å². The Bertz CT molecular complexity index is 89.5. The zero-order valence-electron chi connectivity index (χ0n) is 8.08. The molecule has 0 aliphatic carbocycles. The van der Waals surface area contributed by atoms with Crippen LogP contribution in [0, 0.1) is 5.92 Å². The topological polar surface area (TPSA) is 0 Å². The molecule has 0 N–H and O–H groups in total. The van der Waals surface area contributed by atoms with Crippen molar-refractivity contribution < 1.29 is 0 Å². The molecule has 0 amide bonds. The van der Waals surface area contributed by atoms with Gasteiger partial charge in [0.15, 0.2) is 0 Å². The molecule has 0 heterocycles. The fourth-order valence-electron chi connectivity index (χ4n) is 1.49. The third-order valence-electron chi connectivity index (χ3n) is 2.35. The van der Waals surface area contributed by atoms with Crippen molar-refractivity contribution in [3.63, 3.8) is 0 Å². The number of hydrogen-bond donors (Lipinski definition) is 0. The van der Waals surface area contributed by atoms with Gasteiger partial charge in [-0.2, -0.15) is 0 Å². The van der Waals surface area contributed by atoms with E-state index in [0.717, 1.165) is 9.35 Å². The molecule has 0 atom stereocenters. The number of hydrogen-bond acceptors (Lipinski definition) is 0. The van der Waals surface area contributed by atoms with Crippen molar-refractivity contribution >= 4 is 31.6 Å². The zero-order chi connectivity index (χ0) is 8.91. The molecule has 0 aromatic heterocycles. The maximum absolute atomic E-state index is 3.79. The van der Waals surface area contributed by atoms with Crippen LogP contribution in [0.3, 0.4) is 0 Å². The molecule has 0 aromatic carbocycles. The van der Waals surface area contributed by atoms with Crippen molar-refractivity contribution in [1.29, 1.82) is 0 Å². The Morgan fingerprint density at radius 2 is 1.73 bits per heavy atom. The Morgan fingerprint density at radius 3 is 1.82 bits per heavy atom. The predicted molar refractivity (Wildman–Crippen MR) is 57.4 cm³/mol. The Kier molecular flexibility index (Phi) is 6.52. The Labute approximate surface area is 87.5 Å². The minimum atomic E-state index is -0.271. The molecule has 0 aromatic rings.